The standard InChI is InChI=1S/C20H25N3O3/c1-14-18(15(2)26-21-14)11-22-8-7-20(12-22)10-19(24)23(13-20)16-5-4-6-17(9-16)25-3/h4-6,9H,7-8,10-13H2,1-3H3/t20-/m0/s1. The minimum absolute atomic E-state index is 0.0408. The van der Waals surface area contributed by atoms with E-state index in [1.165, 1.54) is 5.56 Å². The number of rotatable bonds is 4. The molecule has 0 aliphatic carbocycles. The van der Waals surface area contributed by atoms with Crippen LogP contribution in [0.3, 0.4) is 0 Å². The molecule has 1 spiro atoms. The molecule has 2 aliphatic heterocycles. The third kappa shape index (κ3) is 2.98. The second kappa shape index (κ2) is 6.43. The third-order valence-electron chi connectivity index (χ3n) is 5.77. The Bertz CT molecular complexity index is 812. The number of methoxy groups -OCH3 is 1. The fourth-order valence-corrected chi connectivity index (χ4v) is 4.30. The molecule has 2 saturated heterocycles. The largest absolute Gasteiger partial charge is 0.497 e. The summed E-state index contributed by atoms with van der Waals surface area (Å²) >= 11 is 0. The molecule has 1 aromatic carbocycles. The van der Waals surface area contributed by atoms with Crippen LogP contribution in [-0.4, -0.2) is 42.7 Å². The molecular formula is C20H25N3O3. The van der Waals surface area contributed by atoms with Gasteiger partial charge in [-0.3, -0.25) is 9.69 Å². The molecule has 0 saturated carbocycles. The van der Waals surface area contributed by atoms with Crippen LogP contribution in [-0.2, 0) is 11.3 Å². The molecule has 0 radical (unpaired) electrons. The predicted molar refractivity (Wildman–Crippen MR) is 98.3 cm³/mol. The first-order valence-corrected chi connectivity index (χ1v) is 9.08. The van der Waals surface area contributed by atoms with E-state index in [2.05, 4.69) is 10.1 Å². The molecule has 4 rings (SSSR count). The van der Waals surface area contributed by atoms with Gasteiger partial charge in [-0.25, -0.2) is 0 Å². The molecule has 2 fully saturated rings. The van der Waals surface area contributed by atoms with Gasteiger partial charge in [0.05, 0.1) is 12.8 Å². The molecule has 3 heterocycles. The van der Waals surface area contributed by atoms with E-state index in [1.54, 1.807) is 7.11 Å². The minimum atomic E-state index is 0.0408. The number of anilines is 1. The summed E-state index contributed by atoms with van der Waals surface area (Å²) in [6, 6.07) is 7.76. The first kappa shape index (κ1) is 17.1. The van der Waals surface area contributed by atoms with Crippen LogP contribution in [0.5, 0.6) is 5.75 Å². The Balaban J connectivity index is 1.48. The zero-order chi connectivity index (χ0) is 18.3. The summed E-state index contributed by atoms with van der Waals surface area (Å²) in [5.74, 6) is 1.88. The lowest BCUT2D eigenvalue weighted by molar-refractivity contribution is -0.117. The summed E-state index contributed by atoms with van der Waals surface area (Å²) in [5.41, 5.74) is 3.11. The number of aryl methyl sites for hydroxylation is 2. The molecule has 0 N–H and O–H groups in total. The lowest BCUT2D eigenvalue weighted by Gasteiger charge is -2.24. The van der Waals surface area contributed by atoms with E-state index in [-0.39, 0.29) is 11.3 Å². The smallest absolute Gasteiger partial charge is 0.227 e. The van der Waals surface area contributed by atoms with Crippen molar-refractivity contribution in [3.63, 3.8) is 0 Å². The molecule has 0 unspecified atom stereocenters. The van der Waals surface area contributed by atoms with Gasteiger partial charge in [-0.1, -0.05) is 11.2 Å². The summed E-state index contributed by atoms with van der Waals surface area (Å²) in [6.07, 6.45) is 1.66. The molecule has 138 valence electrons. The fraction of sp³-hybridized carbons (Fsp3) is 0.500. The molecule has 1 amide bonds. The number of hydrogen-bond donors (Lipinski definition) is 0. The Labute approximate surface area is 153 Å². The molecule has 1 aromatic heterocycles. The van der Waals surface area contributed by atoms with Gasteiger partial charge in [-0.2, -0.15) is 0 Å². The number of nitrogens with zero attached hydrogens (tertiary/aromatic N) is 3. The summed E-state index contributed by atoms with van der Waals surface area (Å²) in [6.45, 7) is 7.51. The van der Waals surface area contributed by atoms with Crippen molar-refractivity contribution in [3.05, 3.63) is 41.3 Å². The molecule has 1 atom stereocenters. The van der Waals surface area contributed by atoms with Crippen LogP contribution >= 0.6 is 0 Å². The van der Waals surface area contributed by atoms with Gasteiger partial charge in [0.25, 0.3) is 0 Å². The second-order valence-electron chi connectivity index (χ2n) is 7.62. The van der Waals surface area contributed by atoms with E-state index in [4.69, 9.17) is 9.26 Å². The summed E-state index contributed by atoms with van der Waals surface area (Å²) in [4.78, 5) is 17.1. The Morgan fingerprint density at radius 3 is 2.88 bits per heavy atom. The van der Waals surface area contributed by atoms with Crippen molar-refractivity contribution in [2.45, 2.75) is 33.2 Å². The molecular weight excluding hydrogens is 330 g/mol. The van der Waals surface area contributed by atoms with Gasteiger partial charge in [-0.05, 0) is 38.9 Å². The van der Waals surface area contributed by atoms with Crippen LogP contribution in [0.2, 0.25) is 0 Å². The van der Waals surface area contributed by atoms with Crippen molar-refractivity contribution >= 4 is 11.6 Å². The first-order valence-electron chi connectivity index (χ1n) is 9.08. The van der Waals surface area contributed by atoms with Crippen LogP contribution in [0, 0.1) is 19.3 Å². The number of carbonyl (C=O) groups is 1. The monoisotopic (exact) mass is 355 g/mol. The third-order valence-corrected chi connectivity index (χ3v) is 5.77. The maximum atomic E-state index is 12.7. The van der Waals surface area contributed by atoms with E-state index in [0.29, 0.717) is 6.42 Å². The maximum Gasteiger partial charge on any atom is 0.227 e. The summed E-state index contributed by atoms with van der Waals surface area (Å²) < 4.78 is 10.6. The number of likely N-dealkylation sites (tertiary alicyclic amines) is 1. The normalized spacial score (nSPS) is 23.3. The van der Waals surface area contributed by atoms with Gasteiger partial charge in [0.1, 0.15) is 11.5 Å². The molecule has 6 nitrogen and oxygen atoms in total. The van der Waals surface area contributed by atoms with Crippen LogP contribution in [0.4, 0.5) is 5.69 Å². The number of ether oxygens (including phenoxy) is 1. The number of amides is 1. The highest BCUT2D eigenvalue weighted by atomic mass is 16.5. The number of benzene rings is 1. The average molecular weight is 355 g/mol. The van der Waals surface area contributed by atoms with Gasteiger partial charge in [0.2, 0.25) is 5.91 Å². The Morgan fingerprint density at radius 1 is 1.31 bits per heavy atom. The predicted octanol–water partition coefficient (Wildman–Crippen LogP) is 2.93. The van der Waals surface area contributed by atoms with Crippen LogP contribution in [0.25, 0.3) is 0 Å². The van der Waals surface area contributed by atoms with Crippen LogP contribution in [0.15, 0.2) is 28.8 Å². The fourth-order valence-electron chi connectivity index (χ4n) is 4.30. The molecule has 6 heteroatoms. The lowest BCUT2D eigenvalue weighted by atomic mass is 9.86. The van der Waals surface area contributed by atoms with Crippen molar-refractivity contribution in [1.82, 2.24) is 10.1 Å². The van der Waals surface area contributed by atoms with E-state index in [1.807, 2.05) is 43.0 Å². The number of aromatic nitrogens is 1. The van der Waals surface area contributed by atoms with Crippen LogP contribution < -0.4 is 9.64 Å². The van der Waals surface area contributed by atoms with Gasteiger partial charge in [0.15, 0.2) is 0 Å². The topological polar surface area (TPSA) is 58.8 Å². The molecule has 0 bridgehead atoms. The van der Waals surface area contributed by atoms with Crippen molar-refractivity contribution in [1.29, 1.82) is 0 Å². The van der Waals surface area contributed by atoms with Gasteiger partial charge in [0, 0.05) is 48.8 Å². The number of hydrogen-bond acceptors (Lipinski definition) is 5. The SMILES string of the molecule is COc1cccc(N2C[C@@]3(CCN(Cc4c(C)noc4C)C3)CC2=O)c1. The van der Waals surface area contributed by atoms with Crippen molar-refractivity contribution in [3.8, 4) is 5.75 Å². The Morgan fingerprint density at radius 2 is 2.15 bits per heavy atom. The van der Waals surface area contributed by atoms with Gasteiger partial charge >= 0.3 is 0 Å². The first-order chi connectivity index (χ1) is 12.5. The maximum absolute atomic E-state index is 12.7. The average Bonchev–Trinajstić information content (AvgIpc) is 3.29. The van der Waals surface area contributed by atoms with Gasteiger partial charge < -0.3 is 14.2 Å². The van der Waals surface area contributed by atoms with Crippen LogP contribution in [0.1, 0.15) is 29.9 Å². The van der Waals surface area contributed by atoms with Crippen molar-refractivity contribution in [2.24, 2.45) is 5.41 Å². The lowest BCUT2D eigenvalue weighted by Crippen LogP contribution is -2.31. The zero-order valence-corrected chi connectivity index (χ0v) is 15.6. The molecule has 2 aromatic rings. The Kier molecular flexibility index (Phi) is 4.23. The number of carbonyl (C=O) groups excluding carboxylic acids is 1. The minimum Gasteiger partial charge on any atom is -0.497 e. The van der Waals surface area contributed by atoms with E-state index >= 15 is 0 Å². The highest BCUT2D eigenvalue weighted by Gasteiger charge is 2.47. The van der Waals surface area contributed by atoms with Crippen molar-refractivity contribution in [2.75, 3.05) is 31.6 Å². The Hall–Kier alpha value is -2.34. The van der Waals surface area contributed by atoms with E-state index < -0.39 is 0 Å². The highest BCUT2D eigenvalue weighted by Crippen LogP contribution is 2.42. The van der Waals surface area contributed by atoms with Gasteiger partial charge in [-0.15, -0.1) is 0 Å². The quantitative estimate of drug-likeness (QED) is 0.844. The zero-order valence-electron chi connectivity index (χ0n) is 15.6. The van der Waals surface area contributed by atoms with Crippen molar-refractivity contribution < 1.29 is 14.1 Å². The molecule has 26 heavy (non-hydrogen) atoms. The second-order valence-corrected chi connectivity index (χ2v) is 7.62. The van der Waals surface area contributed by atoms with E-state index in [0.717, 1.165) is 55.5 Å². The summed E-state index contributed by atoms with van der Waals surface area (Å²) in [7, 11) is 1.65. The highest BCUT2D eigenvalue weighted by molar-refractivity contribution is 5.96. The van der Waals surface area contributed by atoms with E-state index in [9.17, 15) is 4.79 Å². The molecule has 2 aliphatic rings. The summed E-state index contributed by atoms with van der Waals surface area (Å²) in [5, 5.41) is 4.05.